The van der Waals surface area contributed by atoms with Crippen molar-refractivity contribution in [1.82, 2.24) is 38.1 Å². The Hall–Kier alpha value is -3.84. The van der Waals surface area contributed by atoms with E-state index in [0.29, 0.717) is 18.8 Å². The van der Waals surface area contributed by atoms with Gasteiger partial charge in [-0.1, -0.05) is 47.7 Å². The molecule has 0 atom stereocenters. The zero-order valence-corrected chi connectivity index (χ0v) is 24.9. The molecule has 1 aliphatic heterocycles. The molecule has 1 saturated heterocycles. The fraction of sp³-hybridized carbons (Fsp3) is 0.367. The fourth-order valence-electron chi connectivity index (χ4n) is 5.68. The molecular weight excluding hydrogens is 550 g/mol. The Labute approximate surface area is 246 Å². The van der Waals surface area contributed by atoms with Crippen molar-refractivity contribution in [1.29, 1.82) is 0 Å². The van der Waals surface area contributed by atoms with Crippen LogP contribution in [0.3, 0.4) is 0 Å². The van der Waals surface area contributed by atoms with E-state index in [4.69, 9.17) is 10.8 Å². The van der Waals surface area contributed by atoms with Crippen molar-refractivity contribution in [2.75, 3.05) is 52.6 Å². The van der Waals surface area contributed by atoms with Gasteiger partial charge in [-0.3, -0.25) is 4.68 Å². The Bertz CT molecular complexity index is 1790. The van der Waals surface area contributed by atoms with E-state index in [1.54, 1.807) is 24.6 Å². The molecule has 0 unspecified atom stereocenters. The Kier molecular flexibility index (Phi) is 7.95. The lowest BCUT2D eigenvalue weighted by Crippen LogP contribution is -2.51. The van der Waals surface area contributed by atoms with Crippen LogP contribution >= 0.6 is 0 Å². The van der Waals surface area contributed by atoms with Gasteiger partial charge in [-0.2, -0.15) is 22.1 Å². The maximum atomic E-state index is 12.4. The zero-order valence-electron chi connectivity index (χ0n) is 24.1. The van der Waals surface area contributed by atoms with Crippen molar-refractivity contribution in [2.24, 2.45) is 0 Å². The predicted octanol–water partition coefficient (Wildman–Crippen LogP) is 3.12. The highest BCUT2D eigenvalue weighted by atomic mass is 32.2. The van der Waals surface area contributed by atoms with E-state index in [0.717, 1.165) is 78.7 Å². The summed E-state index contributed by atoms with van der Waals surface area (Å²) in [5.74, 6) is 0. The first-order valence-corrected chi connectivity index (χ1v) is 15.7. The molecule has 0 amide bonds. The van der Waals surface area contributed by atoms with Gasteiger partial charge < -0.3 is 10.6 Å². The summed E-state index contributed by atoms with van der Waals surface area (Å²) < 4.78 is 31.5. The smallest absolute Gasteiger partial charge is 0.281 e. The van der Waals surface area contributed by atoms with Crippen molar-refractivity contribution in [3.05, 3.63) is 78.2 Å². The van der Waals surface area contributed by atoms with E-state index in [9.17, 15) is 8.42 Å². The SMILES string of the molecule is CN(C)S(=O)(=O)N1CCN(CCCCc2cc(-c3ccc4cn(Cc5ccccc5)nc4c3)c3c(N)cnnn23)CC1. The molecule has 4 heterocycles. The molecule has 42 heavy (non-hydrogen) atoms. The third-order valence-corrected chi connectivity index (χ3v) is 9.93. The number of nitrogen functional groups attached to an aromatic ring is 1. The average Bonchev–Trinajstić information content (AvgIpc) is 3.57. The first-order valence-electron chi connectivity index (χ1n) is 14.3. The van der Waals surface area contributed by atoms with Gasteiger partial charge in [0, 0.05) is 63.1 Å². The number of fused-ring (bicyclic) bond motifs is 2. The highest BCUT2D eigenvalue weighted by molar-refractivity contribution is 7.86. The molecule has 2 N–H and O–H groups in total. The molecule has 2 aromatic carbocycles. The van der Waals surface area contributed by atoms with Crippen LogP contribution in [0, 0.1) is 0 Å². The number of rotatable bonds is 10. The van der Waals surface area contributed by atoms with Gasteiger partial charge in [-0.25, -0.2) is 4.52 Å². The van der Waals surface area contributed by atoms with Crippen LogP contribution in [0.15, 0.2) is 67.0 Å². The quantitative estimate of drug-likeness (QED) is 0.250. The van der Waals surface area contributed by atoms with Crippen molar-refractivity contribution >= 4 is 32.3 Å². The van der Waals surface area contributed by atoms with E-state index in [1.165, 1.54) is 9.87 Å². The molecule has 0 spiro atoms. The molecule has 3 aromatic heterocycles. The van der Waals surface area contributed by atoms with E-state index in [1.807, 2.05) is 27.4 Å². The van der Waals surface area contributed by atoms with E-state index >= 15 is 0 Å². The van der Waals surface area contributed by atoms with Crippen LogP contribution in [0.25, 0.3) is 27.5 Å². The van der Waals surface area contributed by atoms with Crippen molar-refractivity contribution < 1.29 is 8.42 Å². The largest absolute Gasteiger partial charge is 0.396 e. The number of hydrogen-bond acceptors (Lipinski definition) is 7. The van der Waals surface area contributed by atoms with E-state index < -0.39 is 10.2 Å². The highest BCUT2D eigenvalue weighted by Crippen LogP contribution is 2.33. The summed E-state index contributed by atoms with van der Waals surface area (Å²) in [5, 5.41) is 14.5. The van der Waals surface area contributed by atoms with Gasteiger partial charge in [0.25, 0.3) is 10.2 Å². The number of aryl methyl sites for hydroxylation is 1. The monoisotopic (exact) mass is 587 g/mol. The summed E-state index contributed by atoms with van der Waals surface area (Å²) in [6.07, 6.45) is 6.50. The normalized spacial score (nSPS) is 15.3. The topological polar surface area (TPSA) is 118 Å². The lowest BCUT2D eigenvalue weighted by molar-refractivity contribution is 0.181. The summed E-state index contributed by atoms with van der Waals surface area (Å²) in [4.78, 5) is 2.34. The molecule has 12 heteroatoms. The third kappa shape index (κ3) is 5.75. The molecule has 0 aliphatic carbocycles. The Morgan fingerprint density at radius 2 is 1.76 bits per heavy atom. The maximum Gasteiger partial charge on any atom is 0.281 e. The standard InChI is InChI=1S/C30H37N9O2S/c1-35(2)42(40,41)38-16-14-36(15-17-38)13-7-6-10-26-19-27(30-28(31)20-32-34-39(26)30)24-11-12-25-22-37(33-29(25)18-24)21-23-8-4-3-5-9-23/h3-5,8-9,11-12,18-20,22H,6-7,10,13-17,21,31H2,1-2H3. The Morgan fingerprint density at radius 1 is 0.976 bits per heavy atom. The predicted molar refractivity (Wildman–Crippen MR) is 165 cm³/mol. The summed E-state index contributed by atoms with van der Waals surface area (Å²) in [6.45, 7) is 4.20. The van der Waals surface area contributed by atoms with Gasteiger partial charge in [-0.15, -0.1) is 5.10 Å². The highest BCUT2D eigenvalue weighted by Gasteiger charge is 2.28. The molecule has 11 nitrogen and oxygen atoms in total. The van der Waals surface area contributed by atoms with Crippen LogP contribution in [-0.2, 0) is 23.2 Å². The van der Waals surface area contributed by atoms with Crippen LogP contribution in [0.4, 0.5) is 5.69 Å². The Morgan fingerprint density at radius 3 is 2.52 bits per heavy atom. The molecule has 0 bridgehead atoms. The number of nitrogens with two attached hydrogens (primary N) is 1. The number of benzene rings is 2. The molecule has 6 rings (SSSR count). The molecule has 1 aliphatic rings. The molecule has 1 fully saturated rings. The van der Waals surface area contributed by atoms with Crippen LogP contribution in [0.2, 0.25) is 0 Å². The fourth-order valence-corrected chi connectivity index (χ4v) is 6.76. The van der Waals surface area contributed by atoms with Gasteiger partial charge in [-0.05, 0) is 49.1 Å². The maximum absolute atomic E-state index is 12.4. The van der Waals surface area contributed by atoms with Crippen LogP contribution in [-0.4, -0.2) is 93.4 Å². The number of unbranched alkanes of at least 4 members (excludes halogenated alkanes) is 1. The second-order valence-electron chi connectivity index (χ2n) is 11.1. The van der Waals surface area contributed by atoms with Crippen LogP contribution < -0.4 is 5.73 Å². The molecular formula is C30H37N9O2S. The summed E-state index contributed by atoms with van der Waals surface area (Å²) in [7, 11) is -0.187. The van der Waals surface area contributed by atoms with Crippen molar-refractivity contribution in [3.63, 3.8) is 0 Å². The van der Waals surface area contributed by atoms with Gasteiger partial charge in [0.15, 0.2) is 0 Å². The van der Waals surface area contributed by atoms with E-state index in [-0.39, 0.29) is 0 Å². The van der Waals surface area contributed by atoms with Crippen molar-refractivity contribution in [3.8, 4) is 11.1 Å². The second-order valence-corrected chi connectivity index (χ2v) is 13.2. The van der Waals surface area contributed by atoms with Crippen LogP contribution in [0.5, 0.6) is 0 Å². The Balaban J connectivity index is 1.14. The van der Waals surface area contributed by atoms with E-state index in [2.05, 4.69) is 57.8 Å². The second kappa shape index (κ2) is 11.8. The summed E-state index contributed by atoms with van der Waals surface area (Å²) in [6, 6.07) is 18.8. The minimum atomic E-state index is -3.34. The van der Waals surface area contributed by atoms with Gasteiger partial charge >= 0.3 is 0 Å². The number of anilines is 1. The minimum absolute atomic E-state index is 0.525. The lowest BCUT2D eigenvalue weighted by atomic mass is 10.0. The number of hydrogen-bond donors (Lipinski definition) is 1. The molecule has 220 valence electrons. The first kappa shape index (κ1) is 28.3. The average molecular weight is 588 g/mol. The van der Waals surface area contributed by atoms with Crippen molar-refractivity contribution in [2.45, 2.75) is 25.8 Å². The first-order chi connectivity index (χ1) is 20.3. The molecule has 0 radical (unpaired) electrons. The zero-order chi connectivity index (χ0) is 29.3. The van der Waals surface area contributed by atoms with Gasteiger partial charge in [0.1, 0.15) is 0 Å². The minimum Gasteiger partial charge on any atom is -0.396 e. The number of piperazine rings is 1. The van der Waals surface area contributed by atoms with Gasteiger partial charge in [0.05, 0.1) is 29.5 Å². The summed E-state index contributed by atoms with van der Waals surface area (Å²) in [5.41, 5.74) is 13.1. The van der Waals surface area contributed by atoms with Crippen LogP contribution in [0.1, 0.15) is 24.1 Å². The third-order valence-electron chi connectivity index (χ3n) is 7.99. The lowest BCUT2D eigenvalue weighted by Gasteiger charge is -2.35. The van der Waals surface area contributed by atoms with Gasteiger partial charge in [0.2, 0.25) is 0 Å². The summed E-state index contributed by atoms with van der Waals surface area (Å²) >= 11 is 0. The molecule has 0 saturated carbocycles. The number of aromatic nitrogens is 5. The molecule has 5 aromatic rings. The number of nitrogens with zero attached hydrogens (tertiary/aromatic N) is 8.